The fourth-order valence-electron chi connectivity index (χ4n) is 2.64. The molecule has 7 nitrogen and oxygen atoms in total. The maximum Gasteiger partial charge on any atom is 0.436 e. The molecule has 118 valence electrons. The van der Waals surface area contributed by atoms with Gasteiger partial charge in [-0.15, -0.1) is 5.01 Å². The maximum absolute atomic E-state index is 12.6. The van der Waals surface area contributed by atoms with Crippen LogP contribution in [0.5, 0.6) is 0 Å². The van der Waals surface area contributed by atoms with Gasteiger partial charge in [-0.3, -0.25) is 4.79 Å². The van der Waals surface area contributed by atoms with Crippen LogP contribution in [0, 0.1) is 6.92 Å². The lowest BCUT2D eigenvalue weighted by Crippen LogP contribution is -2.77. The molecule has 1 fully saturated rings. The van der Waals surface area contributed by atoms with Gasteiger partial charge in [0, 0.05) is 0 Å². The lowest BCUT2D eigenvalue weighted by atomic mass is 9.81. The van der Waals surface area contributed by atoms with Gasteiger partial charge >= 0.3 is 12.2 Å². The highest BCUT2D eigenvalue weighted by molar-refractivity contribution is 6.06. The van der Waals surface area contributed by atoms with Crippen molar-refractivity contribution in [1.29, 1.82) is 0 Å². The lowest BCUT2D eigenvalue weighted by molar-refractivity contribution is -0.201. The molecule has 3 amide bonds. The third-order valence-electron chi connectivity index (χ3n) is 3.84. The van der Waals surface area contributed by atoms with E-state index in [0.717, 1.165) is 17.7 Å². The van der Waals surface area contributed by atoms with Gasteiger partial charge in [-0.1, -0.05) is 36.8 Å². The van der Waals surface area contributed by atoms with Crippen LogP contribution in [0.25, 0.3) is 0 Å². The van der Waals surface area contributed by atoms with Crippen LogP contribution in [-0.2, 0) is 19.8 Å². The number of rotatable bonds is 2. The second-order valence-electron chi connectivity index (χ2n) is 4.95. The van der Waals surface area contributed by atoms with Gasteiger partial charge in [-0.25, -0.2) is 9.59 Å². The Hall–Kier alpha value is -2.57. The number of nitrogens with zero attached hydrogens (tertiary/aromatic N) is 2. The minimum Gasteiger partial charge on any atom is -0.451 e. The zero-order chi connectivity index (χ0) is 16.5. The molecule has 1 heterocycles. The van der Waals surface area contributed by atoms with Crippen molar-refractivity contribution in [3.05, 3.63) is 35.4 Å². The fourth-order valence-corrected chi connectivity index (χ4v) is 2.64. The number of imide groups is 1. The molecule has 1 aromatic rings. The van der Waals surface area contributed by atoms with E-state index in [4.69, 9.17) is 4.74 Å². The summed E-state index contributed by atoms with van der Waals surface area (Å²) in [4.78, 5) is 36.5. The molecule has 2 rings (SSSR count). The smallest absolute Gasteiger partial charge is 0.436 e. The quantitative estimate of drug-likeness (QED) is 0.837. The van der Waals surface area contributed by atoms with E-state index in [1.807, 2.05) is 19.1 Å². The molecule has 1 aliphatic heterocycles. The summed E-state index contributed by atoms with van der Waals surface area (Å²) >= 11 is 0. The summed E-state index contributed by atoms with van der Waals surface area (Å²) in [6.07, 6.45) is -1.42. The standard InChI is InChI=1S/C15H18N2O5/c1-5-15(11-8-6-10(2)7-9-11)12(18)16(13(19)21-3)17(15)14(20)22-4/h6-9H,5H2,1-4H3/t15-/m0/s1. The number of hydrazine groups is 1. The van der Waals surface area contributed by atoms with Gasteiger partial charge in [-0.05, 0) is 18.9 Å². The Labute approximate surface area is 128 Å². The summed E-state index contributed by atoms with van der Waals surface area (Å²) in [5.74, 6) is -0.517. The predicted octanol–water partition coefficient (Wildman–Crippen LogP) is 2.19. The molecule has 7 heteroatoms. The average molecular weight is 306 g/mol. The van der Waals surface area contributed by atoms with Crippen LogP contribution in [0.15, 0.2) is 24.3 Å². The number of hydrogen-bond donors (Lipinski definition) is 0. The van der Waals surface area contributed by atoms with Gasteiger partial charge in [0.1, 0.15) is 0 Å². The minimum atomic E-state index is -1.25. The zero-order valence-electron chi connectivity index (χ0n) is 13.0. The van der Waals surface area contributed by atoms with E-state index >= 15 is 0 Å². The Morgan fingerprint density at radius 2 is 1.64 bits per heavy atom. The van der Waals surface area contributed by atoms with Gasteiger partial charge < -0.3 is 9.47 Å². The van der Waals surface area contributed by atoms with Gasteiger partial charge in [0.2, 0.25) is 0 Å². The number of aryl methyl sites for hydroxylation is 1. The molecule has 0 unspecified atom stereocenters. The molecule has 0 aromatic heterocycles. The second-order valence-corrected chi connectivity index (χ2v) is 4.95. The summed E-state index contributed by atoms with van der Waals surface area (Å²) in [5.41, 5.74) is 0.391. The van der Waals surface area contributed by atoms with Crippen LogP contribution in [0.4, 0.5) is 9.59 Å². The first-order chi connectivity index (χ1) is 10.4. The molecule has 0 saturated carbocycles. The van der Waals surface area contributed by atoms with Crippen molar-refractivity contribution in [1.82, 2.24) is 10.0 Å². The van der Waals surface area contributed by atoms with Crippen LogP contribution in [0.1, 0.15) is 24.5 Å². The van der Waals surface area contributed by atoms with Crippen LogP contribution in [-0.4, -0.2) is 42.3 Å². The molecule has 22 heavy (non-hydrogen) atoms. The molecule has 1 atom stereocenters. The number of benzene rings is 1. The van der Waals surface area contributed by atoms with Crippen LogP contribution >= 0.6 is 0 Å². The normalized spacial score (nSPS) is 20.5. The highest BCUT2D eigenvalue weighted by Gasteiger charge is 2.65. The molecule has 0 N–H and O–H groups in total. The molecule has 1 aliphatic rings. The van der Waals surface area contributed by atoms with Crippen LogP contribution in [0.2, 0.25) is 0 Å². The minimum absolute atomic E-state index is 0.303. The maximum atomic E-state index is 12.6. The highest BCUT2D eigenvalue weighted by atomic mass is 16.6. The Morgan fingerprint density at radius 1 is 1.09 bits per heavy atom. The Morgan fingerprint density at radius 3 is 2.09 bits per heavy atom. The molecule has 1 aromatic carbocycles. The summed E-state index contributed by atoms with van der Waals surface area (Å²) in [6.45, 7) is 3.69. The molecule has 0 bridgehead atoms. The number of hydrogen-bond acceptors (Lipinski definition) is 5. The number of carbonyl (C=O) groups excluding carboxylic acids is 3. The van der Waals surface area contributed by atoms with E-state index in [1.54, 1.807) is 19.1 Å². The zero-order valence-corrected chi connectivity index (χ0v) is 13.0. The number of carbonyl (C=O) groups is 3. The van der Waals surface area contributed by atoms with E-state index in [1.165, 1.54) is 7.11 Å². The molecule has 1 saturated heterocycles. The third kappa shape index (κ3) is 2.01. The van der Waals surface area contributed by atoms with Gasteiger partial charge in [0.15, 0.2) is 5.54 Å². The predicted molar refractivity (Wildman–Crippen MR) is 76.6 cm³/mol. The molecular weight excluding hydrogens is 288 g/mol. The lowest BCUT2D eigenvalue weighted by Gasteiger charge is -2.54. The van der Waals surface area contributed by atoms with Crippen molar-refractivity contribution >= 4 is 18.1 Å². The number of amides is 3. The second kappa shape index (κ2) is 5.67. The SMILES string of the molecule is CC[C@]1(c2ccc(C)cc2)C(=O)N(C(=O)OC)N1C(=O)OC. The Balaban J connectivity index is 2.53. The highest BCUT2D eigenvalue weighted by Crippen LogP contribution is 2.44. The first-order valence-corrected chi connectivity index (χ1v) is 6.81. The van der Waals surface area contributed by atoms with Crippen molar-refractivity contribution in [3.63, 3.8) is 0 Å². The van der Waals surface area contributed by atoms with Gasteiger partial charge in [-0.2, -0.15) is 5.01 Å². The van der Waals surface area contributed by atoms with E-state index in [2.05, 4.69) is 4.74 Å². The molecule has 0 spiro atoms. The van der Waals surface area contributed by atoms with E-state index < -0.39 is 23.6 Å². The van der Waals surface area contributed by atoms with E-state index in [9.17, 15) is 14.4 Å². The van der Waals surface area contributed by atoms with Crippen LogP contribution in [0.3, 0.4) is 0 Å². The van der Waals surface area contributed by atoms with Gasteiger partial charge in [0.25, 0.3) is 5.91 Å². The van der Waals surface area contributed by atoms with E-state index in [-0.39, 0.29) is 0 Å². The Kier molecular flexibility index (Phi) is 4.07. The van der Waals surface area contributed by atoms with Crippen molar-refractivity contribution in [2.24, 2.45) is 0 Å². The molecule has 0 radical (unpaired) electrons. The number of methoxy groups -OCH3 is 2. The number of ether oxygens (including phenoxy) is 2. The summed E-state index contributed by atoms with van der Waals surface area (Å²) in [5, 5.41) is 1.67. The van der Waals surface area contributed by atoms with Crippen molar-refractivity contribution in [3.8, 4) is 0 Å². The average Bonchev–Trinajstić information content (AvgIpc) is 2.53. The first kappa shape index (κ1) is 15.8. The van der Waals surface area contributed by atoms with Crippen molar-refractivity contribution < 1.29 is 23.9 Å². The molecular formula is C15H18N2O5. The van der Waals surface area contributed by atoms with Gasteiger partial charge in [0.05, 0.1) is 14.2 Å². The summed E-state index contributed by atoms with van der Waals surface area (Å²) in [6, 6.07) is 7.22. The van der Waals surface area contributed by atoms with Crippen molar-refractivity contribution in [2.75, 3.05) is 14.2 Å². The van der Waals surface area contributed by atoms with Crippen LogP contribution < -0.4 is 0 Å². The fraction of sp³-hybridized carbons (Fsp3) is 0.400. The van der Waals surface area contributed by atoms with E-state index in [0.29, 0.717) is 17.0 Å². The van der Waals surface area contributed by atoms with Crippen molar-refractivity contribution in [2.45, 2.75) is 25.8 Å². The first-order valence-electron chi connectivity index (χ1n) is 6.81. The molecule has 0 aliphatic carbocycles. The summed E-state index contributed by atoms with van der Waals surface area (Å²) in [7, 11) is 2.33. The monoisotopic (exact) mass is 306 g/mol. The summed E-state index contributed by atoms with van der Waals surface area (Å²) < 4.78 is 9.27. The third-order valence-corrected chi connectivity index (χ3v) is 3.84. The largest absolute Gasteiger partial charge is 0.451 e. The topological polar surface area (TPSA) is 76.2 Å². The Bertz CT molecular complexity index is 613.